The Hall–Kier alpha value is -3.02. The molecular weight excluding hydrogens is 364 g/mol. The quantitative estimate of drug-likeness (QED) is 0.641. The van der Waals surface area contributed by atoms with E-state index in [2.05, 4.69) is 27.8 Å². The van der Waals surface area contributed by atoms with Crippen LogP contribution in [0.4, 0.5) is 21.9 Å². The van der Waals surface area contributed by atoms with Crippen LogP contribution in [0.25, 0.3) is 0 Å². The van der Waals surface area contributed by atoms with Crippen LogP contribution in [0, 0.1) is 0 Å². The number of aryl methyl sites for hydroxylation is 1. The summed E-state index contributed by atoms with van der Waals surface area (Å²) in [6.45, 7) is 6.65. The highest BCUT2D eigenvalue weighted by molar-refractivity contribution is 6.04. The molecule has 154 valence electrons. The van der Waals surface area contributed by atoms with E-state index in [9.17, 15) is 9.59 Å². The molecule has 0 saturated carbocycles. The first-order chi connectivity index (χ1) is 14.1. The van der Waals surface area contributed by atoms with E-state index >= 15 is 0 Å². The fraction of sp³-hybridized carbons (Fsp3) is 0.391. The number of nitrogens with zero attached hydrogens (tertiary/aromatic N) is 1. The zero-order valence-electron chi connectivity index (χ0n) is 17.3. The molecule has 0 spiro atoms. The Morgan fingerprint density at radius 3 is 2.24 bits per heavy atom. The third kappa shape index (κ3) is 5.50. The van der Waals surface area contributed by atoms with Crippen LogP contribution in [-0.4, -0.2) is 31.6 Å². The average molecular weight is 395 g/mol. The summed E-state index contributed by atoms with van der Waals surface area (Å²) in [6.07, 6.45) is 4.10. The number of amides is 3. The van der Waals surface area contributed by atoms with Gasteiger partial charge in [0.05, 0.1) is 5.56 Å². The van der Waals surface area contributed by atoms with Crippen LogP contribution in [0.1, 0.15) is 49.0 Å². The van der Waals surface area contributed by atoms with Crippen molar-refractivity contribution in [3.05, 3.63) is 53.6 Å². The molecule has 1 fully saturated rings. The predicted octanol–water partition coefficient (Wildman–Crippen LogP) is 4.63. The fourth-order valence-corrected chi connectivity index (χ4v) is 3.48. The minimum Gasteiger partial charge on any atom is -0.371 e. The van der Waals surface area contributed by atoms with E-state index in [-0.39, 0.29) is 11.9 Å². The Labute approximate surface area is 172 Å². The minimum absolute atomic E-state index is 0.104. The number of benzene rings is 2. The summed E-state index contributed by atoms with van der Waals surface area (Å²) in [5, 5.41) is 8.62. The molecule has 0 aromatic heterocycles. The van der Waals surface area contributed by atoms with E-state index < -0.39 is 0 Å². The van der Waals surface area contributed by atoms with Crippen molar-refractivity contribution in [3.8, 4) is 0 Å². The molecule has 1 heterocycles. The van der Waals surface area contributed by atoms with E-state index in [4.69, 9.17) is 0 Å². The number of carbonyl (C=O) groups excluding carboxylic acids is 2. The fourth-order valence-electron chi connectivity index (χ4n) is 3.48. The molecule has 2 aromatic carbocycles. The monoisotopic (exact) mass is 394 g/mol. The Morgan fingerprint density at radius 1 is 0.931 bits per heavy atom. The zero-order valence-corrected chi connectivity index (χ0v) is 17.3. The van der Waals surface area contributed by atoms with Gasteiger partial charge in [-0.15, -0.1) is 0 Å². The predicted molar refractivity (Wildman–Crippen MR) is 119 cm³/mol. The first kappa shape index (κ1) is 20.7. The van der Waals surface area contributed by atoms with Gasteiger partial charge in [0.2, 0.25) is 0 Å². The molecule has 0 unspecified atom stereocenters. The summed E-state index contributed by atoms with van der Waals surface area (Å²) >= 11 is 0. The lowest BCUT2D eigenvalue weighted by Crippen LogP contribution is -2.28. The van der Waals surface area contributed by atoms with Gasteiger partial charge >= 0.3 is 6.03 Å². The van der Waals surface area contributed by atoms with Crippen LogP contribution in [0.2, 0.25) is 0 Å². The standard InChI is InChI=1S/C23H30N4O2/c1-3-13-24-22(28)20-16-19(11-12-21(20)27-14-5-6-15-27)26-23(29)25-18-9-7-17(4-2)8-10-18/h7-12,16H,3-6,13-15H2,1-2H3,(H,24,28)(H2,25,26,29). The highest BCUT2D eigenvalue weighted by atomic mass is 16.2. The van der Waals surface area contributed by atoms with E-state index in [1.165, 1.54) is 5.56 Å². The number of anilines is 3. The molecule has 3 amide bonds. The van der Waals surface area contributed by atoms with Crippen LogP contribution >= 0.6 is 0 Å². The van der Waals surface area contributed by atoms with Crippen LogP contribution in [0.3, 0.4) is 0 Å². The van der Waals surface area contributed by atoms with E-state index in [1.54, 1.807) is 6.07 Å². The second kappa shape index (κ2) is 9.96. The van der Waals surface area contributed by atoms with Gasteiger partial charge in [-0.2, -0.15) is 0 Å². The molecule has 29 heavy (non-hydrogen) atoms. The summed E-state index contributed by atoms with van der Waals surface area (Å²) in [4.78, 5) is 27.3. The Balaban J connectivity index is 1.73. The number of urea groups is 1. The first-order valence-electron chi connectivity index (χ1n) is 10.4. The highest BCUT2D eigenvalue weighted by Gasteiger charge is 2.20. The van der Waals surface area contributed by atoms with E-state index in [1.807, 2.05) is 43.3 Å². The van der Waals surface area contributed by atoms with Crippen LogP contribution in [-0.2, 0) is 6.42 Å². The van der Waals surface area contributed by atoms with Gasteiger partial charge in [0, 0.05) is 36.7 Å². The molecule has 0 aliphatic carbocycles. The SMILES string of the molecule is CCCNC(=O)c1cc(NC(=O)Nc2ccc(CC)cc2)ccc1N1CCCC1. The third-order valence-corrected chi connectivity index (χ3v) is 5.10. The Morgan fingerprint density at radius 2 is 1.59 bits per heavy atom. The number of nitrogens with one attached hydrogen (secondary N) is 3. The van der Waals surface area contributed by atoms with Crippen molar-refractivity contribution in [3.63, 3.8) is 0 Å². The summed E-state index contributed by atoms with van der Waals surface area (Å²) in [7, 11) is 0. The van der Waals surface area contributed by atoms with Crippen LogP contribution in [0.15, 0.2) is 42.5 Å². The molecule has 2 aromatic rings. The van der Waals surface area contributed by atoms with Gasteiger partial charge in [0.25, 0.3) is 5.91 Å². The topological polar surface area (TPSA) is 73.5 Å². The summed E-state index contributed by atoms with van der Waals surface area (Å²) < 4.78 is 0. The summed E-state index contributed by atoms with van der Waals surface area (Å²) in [5.74, 6) is -0.104. The molecule has 6 nitrogen and oxygen atoms in total. The van der Waals surface area contributed by atoms with Crippen molar-refractivity contribution in [2.75, 3.05) is 35.2 Å². The van der Waals surface area contributed by atoms with Gasteiger partial charge in [-0.05, 0) is 61.6 Å². The zero-order chi connectivity index (χ0) is 20.6. The smallest absolute Gasteiger partial charge is 0.323 e. The van der Waals surface area contributed by atoms with Crippen molar-refractivity contribution in [2.24, 2.45) is 0 Å². The van der Waals surface area contributed by atoms with Crippen molar-refractivity contribution in [2.45, 2.75) is 39.5 Å². The second-order valence-corrected chi connectivity index (χ2v) is 7.31. The van der Waals surface area contributed by atoms with Crippen molar-refractivity contribution in [1.82, 2.24) is 5.32 Å². The van der Waals surface area contributed by atoms with Gasteiger partial charge in [-0.3, -0.25) is 4.79 Å². The normalized spacial score (nSPS) is 13.2. The lowest BCUT2D eigenvalue weighted by atomic mass is 10.1. The number of rotatable bonds is 7. The molecule has 1 aliphatic rings. The van der Waals surface area contributed by atoms with Crippen LogP contribution in [0.5, 0.6) is 0 Å². The number of carbonyl (C=O) groups is 2. The lowest BCUT2D eigenvalue weighted by molar-refractivity contribution is 0.0954. The van der Waals surface area contributed by atoms with Crippen molar-refractivity contribution >= 4 is 29.0 Å². The summed E-state index contributed by atoms with van der Waals surface area (Å²) in [5.41, 5.74) is 4.07. The maximum atomic E-state index is 12.7. The van der Waals surface area contributed by atoms with Crippen molar-refractivity contribution < 1.29 is 9.59 Å². The first-order valence-corrected chi connectivity index (χ1v) is 10.4. The minimum atomic E-state index is -0.330. The van der Waals surface area contributed by atoms with Gasteiger partial charge in [-0.25, -0.2) is 4.79 Å². The average Bonchev–Trinajstić information content (AvgIpc) is 3.27. The molecule has 3 N–H and O–H groups in total. The molecule has 1 aliphatic heterocycles. The third-order valence-electron chi connectivity index (χ3n) is 5.10. The molecule has 1 saturated heterocycles. The molecule has 3 rings (SSSR count). The molecule has 0 atom stereocenters. The van der Waals surface area contributed by atoms with Crippen molar-refractivity contribution in [1.29, 1.82) is 0 Å². The number of hydrogen-bond donors (Lipinski definition) is 3. The molecule has 0 radical (unpaired) electrons. The lowest BCUT2D eigenvalue weighted by Gasteiger charge is -2.22. The molecule has 0 bridgehead atoms. The second-order valence-electron chi connectivity index (χ2n) is 7.31. The number of hydrogen-bond acceptors (Lipinski definition) is 3. The maximum Gasteiger partial charge on any atom is 0.323 e. The van der Waals surface area contributed by atoms with E-state index in [0.29, 0.717) is 17.8 Å². The van der Waals surface area contributed by atoms with Gasteiger partial charge in [0.1, 0.15) is 0 Å². The summed E-state index contributed by atoms with van der Waals surface area (Å²) in [6, 6.07) is 13.0. The highest BCUT2D eigenvalue weighted by Crippen LogP contribution is 2.27. The maximum absolute atomic E-state index is 12.7. The molecule has 6 heteroatoms. The Kier molecular flexibility index (Phi) is 7.11. The Bertz CT molecular complexity index is 842. The van der Waals surface area contributed by atoms with Gasteiger partial charge < -0.3 is 20.9 Å². The van der Waals surface area contributed by atoms with Gasteiger partial charge in [0.15, 0.2) is 0 Å². The van der Waals surface area contributed by atoms with E-state index in [0.717, 1.165) is 50.1 Å². The van der Waals surface area contributed by atoms with Gasteiger partial charge in [-0.1, -0.05) is 26.0 Å². The van der Waals surface area contributed by atoms with Crippen LogP contribution < -0.4 is 20.9 Å². The molecular formula is C23H30N4O2. The largest absolute Gasteiger partial charge is 0.371 e.